The summed E-state index contributed by atoms with van der Waals surface area (Å²) in [6.07, 6.45) is 0.679. The Morgan fingerprint density at radius 3 is 2.57 bits per heavy atom. The average molecular weight is 99.1 g/mol. The van der Waals surface area contributed by atoms with Crippen LogP contribution in [0, 0.1) is 0 Å². The molecule has 3 nitrogen and oxygen atoms in total. The van der Waals surface area contributed by atoms with E-state index < -0.39 is 0 Å². The molecule has 0 unspecified atom stereocenters. The van der Waals surface area contributed by atoms with Gasteiger partial charge >= 0.3 is 5.97 Å². The van der Waals surface area contributed by atoms with Gasteiger partial charge in [0.25, 0.3) is 0 Å². The zero-order valence-electron chi connectivity index (χ0n) is 3.97. The van der Waals surface area contributed by atoms with Crippen molar-refractivity contribution in [2.45, 2.75) is 13.3 Å². The largest absolute Gasteiger partial charge is 0.383 e. The van der Waals surface area contributed by atoms with E-state index in [9.17, 15) is 4.79 Å². The standard InChI is InChI=1S/C4H5NO2/c1-2-3-4(6)7-5-3/h2H2,1H3. The van der Waals surface area contributed by atoms with Crippen molar-refractivity contribution in [2.24, 2.45) is 5.16 Å². The fourth-order valence-corrected chi connectivity index (χ4v) is 0.356. The maximum absolute atomic E-state index is 10.1. The molecule has 1 aliphatic heterocycles. The van der Waals surface area contributed by atoms with Crippen LogP contribution in [0.1, 0.15) is 13.3 Å². The molecule has 0 saturated heterocycles. The van der Waals surface area contributed by atoms with Crippen molar-refractivity contribution in [1.82, 2.24) is 0 Å². The predicted octanol–water partition coefficient (Wildman–Crippen LogP) is 0.309. The van der Waals surface area contributed by atoms with Crippen molar-refractivity contribution >= 4 is 11.7 Å². The van der Waals surface area contributed by atoms with Crippen LogP contribution in [0.15, 0.2) is 5.16 Å². The van der Waals surface area contributed by atoms with Crippen LogP contribution in [0.2, 0.25) is 0 Å². The van der Waals surface area contributed by atoms with Gasteiger partial charge in [-0.15, -0.1) is 0 Å². The molecule has 1 rings (SSSR count). The summed E-state index contributed by atoms with van der Waals surface area (Å²) in [5.74, 6) is -0.275. The van der Waals surface area contributed by atoms with E-state index in [0.29, 0.717) is 12.1 Å². The van der Waals surface area contributed by atoms with Gasteiger partial charge in [-0.05, 0) is 6.42 Å². The molecule has 3 heteroatoms. The lowest BCUT2D eigenvalue weighted by Crippen LogP contribution is -2.23. The number of carbonyl (C=O) groups is 1. The summed E-state index contributed by atoms with van der Waals surface area (Å²) in [4.78, 5) is 14.2. The quantitative estimate of drug-likeness (QED) is 0.444. The average Bonchev–Trinajstić information content (AvgIpc) is 1.65. The summed E-state index contributed by atoms with van der Waals surface area (Å²) in [5, 5.41) is 3.34. The number of carbonyl (C=O) groups excluding carboxylic acids is 1. The first-order valence-electron chi connectivity index (χ1n) is 2.13. The number of hydrogen-bond donors (Lipinski definition) is 0. The number of rotatable bonds is 1. The van der Waals surface area contributed by atoms with Crippen molar-refractivity contribution < 1.29 is 9.63 Å². The molecule has 38 valence electrons. The molecule has 0 aromatic heterocycles. The molecule has 0 atom stereocenters. The zero-order chi connectivity index (χ0) is 5.28. The van der Waals surface area contributed by atoms with E-state index in [1.54, 1.807) is 0 Å². The summed E-state index contributed by atoms with van der Waals surface area (Å²) < 4.78 is 0. The number of oxime groups is 1. The third kappa shape index (κ3) is 0.493. The van der Waals surface area contributed by atoms with Crippen molar-refractivity contribution in [3.05, 3.63) is 0 Å². The van der Waals surface area contributed by atoms with Crippen molar-refractivity contribution in [2.75, 3.05) is 0 Å². The first-order valence-corrected chi connectivity index (χ1v) is 2.13. The van der Waals surface area contributed by atoms with Gasteiger partial charge in [0.05, 0.1) is 0 Å². The third-order valence-corrected chi connectivity index (χ3v) is 0.809. The Hall–Kier alpha value is -0.860. The van der Waals surface area contributed by atoms with Crippen molar-refractivity contribution in [3.63, 3.8) is 0 Å². The molecule has 0 radical (unpaired) electrons. The molecular weight excluding hydrogens is 94.0 g/mol. The first-order chi connectivity index (χ1) is 3.34. The van der Waals surface area contributed by atoms with Gasteiger partial charge in [0.1, 0.15) is 0 Å². The highest BCUT2D eigenvalue weighted by Gasteiger charge is 2.19. The molecule has 0 aromatic carbocycles. The maximum atomic E-state index is 10.1. The van der Waals surface area contributed by atoms with Crippen LogP contribution in [-0.2, 0) is 9.63 Å². The van der Waals surface area contributed by atoms with Gasteiger partial charge in [-0.1, -0.05) is 12.1 Å². The molecule has 0 bridgehead atoms. The summed E-state index contributed by atoms with van der Waals surface area (Å²) in [6.45, 7) is 1.86. The molecule has 7 heavy (non-hydrogen) atoms. The minimum Gasteiger partial charge on any atom is -0.311 e. The highest BCUT2D eigenvalue weighted by Crippen LogP contribution is 2.00. The summed E-state index contributed by atoms with van der Waals surface area (Å²) in [7, 11) is 0. The molecule has 1 heterocycles. The lowest BCUT2D eigenvalue weighted by molar-refractivity contribution is -0.140. The van der Waals surface area contributed by atoms with Crippen LogP contribution in [0.25, 0.3) is 0 Å². The topological polar surface area (TPSA) is 38.7 Å². The Bertz CT molecular complexity index is 128. The molecule has 0 spiro atoms. The first kappa shape index (κ1) is 4.30. The Morgan fingerprint density at radius 1 is 1.86 bits per heavy atom. The Balaban J connectivity index is 2.57. The predicted molar refractivity (Wildman–Crippen MR) is 23.8 cm³/mol. The van der Waals surface area contributed by atoms with E-state index >= 15 is 0 Å². The van der Waals surface area contributed by atoms with Crippen LogP contribution in [0.5, 0.6) is 0 Å². The van der Waals surface area contributed by atoms with E-state index in [1.807, 2.05) is 6.92 Å². The highest BCUT2D eigenvalue weighted by atomic mass is 16.7. The van der Waals surface area contributed by atoms with Crippen molar-refractivity contribution in [3.8, 4) is 0 Å². The van der Waals surface area contributed by atoms with Gasteiger partial charge < -0.3 is 4.84 Å². The molecule has 0 fully saturated rings. The van der Waals surface area contributed by atoms with Gasteiger partial charge in [0.2, 0.25) is 0 Å². The minimum absolute atomic E-state index is 0.275. The molecular formula is C4H5NO2. The molecule has 1 aliphatic rings. The second-order valence-electron chi connectivity index (χ2n) is 1.27. The van der Waals surface area contributed by atoms with E-state index in [4.69, 9.17) is 0 Å². The summed E-state index contributed by atoms with van der Waals surface area (Å²) >= 11 is 0. The molecule has 0 saturated carbocycles. The van der Waals surface area contributed by atoms with Crippen LogP contribution >= 0.6 is 0 Å². The smallest absolute Gasteiger partial charge is 0.311 e. The van der Waals surface area contributed by atoms with Crippen LogP contribution < -0.4 is 0 Å². The summed E-state index contributed by atoms with van der Waals surface area (Å²) in [6, 6.07) is 0. The zero-order valence-corrected chi connectivity index (χ0v) is 3.97. The maximum Gasteiger partial charge on any atom is 0.383 e. The second kappa shape index (κ2) is 1.33. The van der Waals surface area contributed by atoms with Gasteiger partial charge in [-0.2, -0.15) is 0 Å². The van der Waals surface area contributed by atoms with Crippen LogP contribution in [-0.4, -0.2) is 11.7 Å². The Morgan fingerprint density at radius 2 is 2.57 bits per heavy atom. The Kier molecular flexibility index (Phi) is 0.817. The minimum atomic E-state index is -0.275. The fourth-order valence-electron chi connectivity index (χ4n) is 0.356. The van der Waals surface area contributed by atoms with E-state index in [-0.39, 0.29) is 5.97 Å². The lowest BCUT2D eigenvalue weighted by Gasteiger charge is -2.05. The SMILES string of the molecule is CCC1=NOC1=O. The van der Waals surface area contributed by atoms with Gasteiger partial charge in [-0.3, -0.25) is 0 Å². The van der Waals surface area contributed by atoms with Gasteiger partial charge in [-0.25, -0.2) is 4.79 Å². The van der Waals surface area contributed by atoms with Gasteiger partial charge in [0, 0.05) is 0 Å². The second-order valence-corrected chi connectivity index (χ2v) is 1.27. The summed E-state index contributed by atoms with van der Waals surface area (Å²) in [5.41, 5.74) is 0.542. The monoisotopic (exact) mass is 99.0 g/mol. The normalized spacial score (nSPS) is 17.3. The molecule has 0 aromatic rings. The number of hydrogen-bond acceptors (Lipinski definition) is 3. The van der Waals surface area contributed by atoms with Crippen LogP contribution in [0.3, 0.4) is 0 Å². The molecule has 0 N–H and O–H groups in total. The molecule has 0 aliphatic carbocycles. The fraction of sp³-hybridized carbons (Fsp3) is 0.500. The molecule has 0 amide bonds. The van der Waals surface area contributed by atoms with Gasteiger partial charge in [0.15, 0.2) is 5.71 Å². The van der Waals surface area contributed by atoms with E-state index in [1.165, 1.54) is 0 Å². The van der Waals surface area contributed by atoms with Crippen molar-refractivity contribution in [1.29, 1.82) is 0 Å². The Labute approximate surface area is 41.0 Å². The lowest BCUT2D eigenvalue weighted by atomic mass is 10.3. The van der Waals surface area contributed by atoms with E-state index in [0.717, 1.165) is 0 Å². The number of nitrogens with zero attached hydrogens (tertiary/aromatic N) is 1. The third-order valence-electron chi connectivity index (χ3n) is 0.809. The van der Waals surface area contributed by atoms with E-state index in [2.05, 4.69) is 9.99 Å². The van der Waals surface area contributed by atoms with Crippen LogP contribution in [0.4, 0.5) is 0 Å². The highest BCUT2D eigenvalue weighted by molar-refractivity contribution is 6.39.